The molecule has 4 aliphatic carbocycles. The Morgan fingerprint density at radius 1 is 0.875 bits per heavy atom. The van der Waals surface area contributed by atoms with Crippen molar-refractivity contribution < 1.29 is 4.74 Å². The quantitative estimate of drug-likeness (QED) is 0.448. The van der Waals surface area contributed by atoms with Crippen LogP contribution in [0.25, 0.3) is 0 Å². The first kappa shape index (κ1) is 21.3. The van der Waals surface area contributed by atoms with E-state index < -0.39 is 0 Å². The van der Waals surface area contributed by atoms with Gasteiger partial charge in [-0.1, -0.05) is 25.5 Å². The fourth-order valence-corrected chi connectivity index (χ4v) is 6.39. The molecule has 4 saturated carbocycles. The van der Waals surface area contributed by atoms with E-state index in [1.807, 2.05) is 12.1 Å². The van der Waals surface area contributed by atoms with Crippen LogP contribution in [0.15, 0.2) is 24.3 Å². The number of methoxy groups -OCH3 is 1. The molecule has 4 fully saturated rings. The van der Waals surface area contributed by atoms with Crippen LogP contribution in [0.3, 0.4) is 0 Å². The van der Waals surface area contributed by atoms with Crippen LogP contribution in [0.5, 0.6) is 5.75 Å². The van der Waals surface area contributed by atoms with E-state index in [9.17, 15) is 0 Å². The average Bonchev–Trinajstić information content (AvgIpc) is 2.77. The Hall–Kier alpha value is -2.57. The van der Waals surface area contributed by atoms with Crippen LogP contribution in [0, 0.1) is 17.8 Å². The lowest BCUT2D eigenvalue weighted by atomic mass is 9.53. The molecule has 4 aliphatic rings. The van der Waals surface area contributed by atoms with Crippen molar-refractivity contribution in [1.82, 2.24) is 15.0 Å². The molecule has 7 heteroatoms. The van der Waals surface area contributed by atoms with Crippen LogP contribution in [-0.2, 0) is 6.54 Å². The fourth-order valence-electron chi connectivity index (χ4n) is 6.39. The van der Waals surface area contributed by atoms with Gasteiger partial charge in [-0.05, 0) is 80.4 Å². The zero-order chi connectivity index (χ0) is 22.0. The maximum Gasteiger partial charge on any atom is 0.229 e. The molecule has 0 unspecified atom stereocenters. The van der Waals surface area contributed by atoms with Crippen LogP contribution in [-0.4, -0.2) is 34.1 Å². The van der Waals surface area contributed by atoms with Crippen LogP contribution < -0.4 is 20.7 Å². The number of benzene rings is 1. The van der Waals surface area contributed by atoms with Crippen molar-refractivity contribution in [2.24, 2.45) is 17.8 Å². The number of hydrogen-bond donors (Lipinski definition) is 3. The van der Waals surface area contributed by atoms with Crippen LogP contribution >= 0.6 is 0 Å². The molecule has 32 heavy (non-hydrogen) atoms. The summed E-state index contributed by atoms with van der Waals surface area (Å²) in [6.07, 6.45) is 10.3. The van der Waals surface area contributed by atoms with Gasteiger partial charge in [0.05, 0.1) is 7.11 Å². The Labute approximate surface area is 191 Å². The second-order valence-corrected chi connectivity index (χ2v) is 10.1. The first-order valence-electron chi connectivity index (χ1n) is 12.3. The molecule has 1 aromatic heterocycles. The molecule has 0 radical (unpaired) electrons. The smallest absolute Gasteiger partial charge is 0.229 e. The second-order valence-electron chi connectivity index (χ2n) is 10.1. The first-order chi connectivity index (χ1) is 15.6. The van der Waals surface area contributed by atoms with Crippen LogP contribution in [0.1, 0.15) is 63.9 Å². The highest BCUT2D eigenvalue weighted by molar-refractivity contribution is 5.44. The van der Waals surface area contributed by atoms with E-state index in [0.717, 1.165) is 48.5 Å². The normalized spacial score (nSPS) is 27.9. The number of nitrogens with zero attached hydrogens (tertiary/aromatic N) is 3. The van der Waals surface area contributed by atoms with Crippen molar-refractivity contribution in [3.63, 3.8) is 0 Å². The van der Waals surface area contributed by atoms with Crippen LogP contribution in [0.4, 0.5) is 17.8 Å². The minimum Gasteiger partial charge on any atom is -0.497 e. The summed E-state index contributed by atoms with van der Waals surface area (Å²) in [4.78, 5) is 14.2. The summed E-state index contributed by atoms with van der Waals surface area (Å²) in [6.45, 7) is 3.71. The van der Waals surface area contributed by atoms with E-state index in [4.69, 9.17) is 14.7 Å². The summed E-state index contributed by atoms with van der Waals surface area (Å²) in [5.41, 5.74) is 1.33. The van der Waals surface area contributed by atoms with E-state index >= 15 is 0 Å². The van der Waals surface area contributed by atoms with Gasteiger partial charge in [0.2, 0.25) is 17.8 Å². The molecule has 1 heterocycles. The number of unbranched alkanes of at least 4 members (excludes halogenated alkanes) is 1. The van der Waals surface area contributed by atoms with Gasteiger partial charge < -0.3 is 20.7 Å². The fraction of sp³-hybridized carbons (Fsp3) is 0.640. The Bertz CT molecular complexity index is 880. The number of aromatic nitrogens is 3. The molecular weight excluding hydrogens is 400 g/mol. The topological polar surface area (TPSA) is 84.0 Å². The molecular formula is C25H36N6O. The van der Waals surface area contributed by atoms with E-state index in [1.54, 1.807) is 7.11 Å². The summed E-state index contributed by atoms with van der Waals surface area (Å²) in [7, 11) is 1.68. The van der Waals surface area contributed by atoms with E-state index in [2.05, 4.69) is 40.0 Å². The van der Waals surface area contributed by atoms with Crippen molar-refractivity contribution >= 4 is 17.8 Å². The highest BCUT2D eigenvalue weighted by atomic mass is 16.5. The predicted octanol–water partition coefficient (Wildman–Crippen LogP) is 5.09. The van der Waals surface area contributed by atoms with Crippen molar-refractivity contribution in [1.29, 1.82) is 0 Å². The minimum absolute atomic E-state index is 0.171. The Morgan fingerprint density at radius 2 is 1.47 bits per heavy atom. The monoisotopic (exact) mass is 436 g/mol. The number of nitrogens with one attached hydrogen (secondary N) is 3. The third kappa shape index (κ3) is 4.76. The summed E-state index contributed by atoms with van der Waals surface area (Å²) < 4.78 is 5.26. The third-order valence-corrected chi connectivity index (χ3v) is 7.47. The van der Waals surface area contributed by atoms with Gasteiger partial charge in [0.15, 0.2) is 0 Å². The lowest BCUT2D eigenvalue weighted by Crippen LogP contribution is -2.55. The van der Waals surface area contributed by atoms with Crippen molar-refractivity contribution in [2.75, 3.05) is 29.6 Å². The third-order valence-electron chi connectivity index (χ3n) is 7.47. The lowest BCUT2D eigenvalue weighted by molar-refractivity contribution is 0.0103. The molecule has 0 spiro atoms. The largest absolute Gasteiger partial charge is 0.497 e. The molecule has 1 aromatic carbocycles. The Balaban J connectivity index is 1.32. The molecule has 2 aromatic rings. The zero-order valence-electron chi connectivity index (χ0n) is 19.4. The maximum absolute atomic E-state index is 5.26. The molecule has 4 bridgehead atoms. The van der Waals surface area contributed by atoms with Gasteiger partial charge in [-0.3, -0.25) is 0 Å². The van der Waals surface area contributed by atoms with Gasteiger partial charge in [0, 0.05) is 18.6 Å². The Kier molecular flexibility index (Phi) is 6.07. The van der Waals surface area contributed by atoms with Gasteiger partial charge in [0.25, 0.3) is 0 Å². The van der Waals surface area contributed by atoms with E-state index in [-0.39, 0.29) is 5.54 Å². The van der Waals surface area contributed by atoms with Crippen LogP contribution in [0.2, 0.25) is 0 Å². The van der Waals surface area contributed by atoms with Gasteiger partial charge >= 0.3 is 0 Å². The van der Waals surface area contributed by atoms with Gasteiger partial charge in [-0.25, -0.2) is 0 Å². The van der Waals surface area contributed by atoms with Crippen molar-refractivity contribution in [3.05, 3.63) is 29.8 Å². The summed E-state index contributed by atoms with van der Waals surface area (Å²) in [5, 5.41) is 10.6. The average molecular weight is 437 g/mol. The molecule has 0 saturated heterocycles. The number of anilines is 3. The molecule has 3 N–H and O–H groups in total. The number of ether oxygens (including phenoxy) is 1. The van der Waals surface area contributed by atoms with E-state index in [1.165, 1.54) is 38.5 Å². The highest BCUT2D eigenvalue weighted by Gasteiger charge is 2.51. The maximum atomic E-state index is 5.26. The second kappa shape index (κ2) is 9.12. The SMILES string of the molecule is CCCCNc1nc(NCc2ccc(OC)cc2)nc(NC23CC4CC(CC(C4)C2)C3)n1. The van der Waals surface area contributed by atoms with Gasteiger partial charge in [0.1, 0.15) is 5.75 Å². The zero-order valence-corrected chi connectivity index (χ0v) is 19.4. The Morgan fingerprint density at radius 3 is 2.06 bits per heavy atom. The standard InChI is InChI=1S/C25H36N6O/c1-3-4-9-26-22-28-23(27-16-17-5-7-21(32-2)8-6-17)30-24(29-22)31-25-13-18-10-19(14-25)12-20(11-18)15-25/h5-8,18-20H,3-4,9-16H2,1-2H3,(H3,26,27,28,29,30,31). The summed E-state index contributed by atoms with van der Waals surface area (Å²) in [6, 6.07) is 8.06. The molecule has 0 aliphatic heterocycles. The molecule has 0 amide bonds. The highest BCUT2D eigenvalue weighted by Crippen LogP contribution is 2.56. The predicted molar refractivity (Wildman–Crippen MR) is 128 cm³/mol. The molecule has 172 valence electrons. The molecule has 6 rings (SSSR count). The van der Waals surface area contributed by atoms with Gasteiger partial charge in [-0.2, -0.15) is 15.0 Å². The first-order valence-corrected chi connectivity index (χ1v) is 12.3. The number of hydrogen-bond acceptors (Lipinski definition) is 7. The van der Waals surface area contributed by atoms with Crippen molar-refractivity contribution in [2.45, 2.75) is 70.4 Å². The van der Waals surface area contributed by atoms with Crippen molar-refractivity contribution in [3.8, 4) is 5.75 Å². The molecule has 0 atom stereocenters. The summed E-state index contributed by atoms with van der Waals surface area (Å²) in [5.74, 6) is 5.47. The number of rotatable bonds is 10. The summed E-state index contributed by atoms with van der Waals surface area (Å²) >= 11 is 0. The molecule has 7 nitrogen and oxygen atoms in total. The van der Waals surface area contributed by atoms with E-state index in [0.29, 0.717) is 24.4 Å². The van der Waals surface area contributed by atoms with Gasteiger partial charge in [-0.15, -0.1) is 0 Å². The minimum atomic E-state index is 0.171. The lowest BCUT2D eigenvalue weighted by Gasteiger charge is -2.56.